The van der Waals surface area contributed by atoms with Crippen LogP contribution in [0.5, 0.6) is 5.75 Å². The van der Waals surface area contributed by atoms with Crippen LogP contribution in [0.25, 0.3) is 0 Å². The number of hydrogen-bond donors (Lipinski definition) is 2. The molecule has 0 bridgehead atoms. The fourth-order valence-electron chi connectivity index (χ4n) is 2.63. The highest BCUT2D eigenvalue weighted by molar-refractivity contribution is 5.98. The summed E-state index contributed by atoms with van der Waals surface area (Å²) >= 11 is 0. The number of carbonyl (C=O) groups excluding carboxylic acids is 4. The summed E-state index contributed by atoms with van der Waals surface area (Å²) in [6.07, 6.45) is 0. The van der Waals surface area contributed by atoms with Crippen molar-refractivity contribution in [2.45, 2.75) is 6.92 Å². The average Bonchev–Trinajstić information content (AvgIpc) is 2.80. The third-order valence-corrected chi connectivity index (χ3v) is 4.19. The molecule has 0 aromatic heterocycles. The smallest absolute Gasteiger partial charge is 0.338 e. The first-order chi connectivity index (χ1) is 15.6. The van der Waals surface area contributed by atoms with Gasteiger partial charge in [0.25, 0.3) is 11.6 Å². The fraction of sp³-hybridized carbons (Fsp3) is 0.238. The van der Waals surface area contributed by atoms with Crippen molar-refractivity contribution in [2.75, 3.05) is 32.7 Å². The summed E-state index contributed by atoms with van der Waals surface area (Å²) in [4.78, 5) is 58.1. The Balaban J connectivity index is 1.93. The first kappa shape index (κ1) is 24.8. The molecular formula is C21H21N3O9. The van der Waals surface area contributed by atoms with Crippen LogP contribution >= 0.6 is 0 Å². The second kappa shape index (κ2) is 11.2. The third-order valence-electron chi connectivity index (χ3n) is 4.19. The van der Waals surface area contributed by atoms with E-state index >= 15 is 0 Å². The van der Waals surface area contributed by atoms with Crippen LogP contribution in [0.2, 0.25) is 0 Å². The normalized spacial score (nSPS) is 10.0. The molecule has 0 unspecified atom stereocenters. The molecule has 0 aliphatic rings. The average molecular weight is 459 g/mol. The van der Waals surface area contributed by atoms with Crippen LogP contribution in [0, 0.1) is 17.0 Å². The SMILES string of the molecule is COC(=O)c1cc(C(=O)OCC(=O)NCC(=O)Nc2cc(C)ccc2OC)cc([N+](=O)[O-])c1. The Bertz CT molecular complexity index is 1100. The van der Waals surface area contributed by atoms with E-state index in [2.05, 4.69) is 15.4 Å². The van der Waals surface area contributed by atoms with Gasteiger partial charge in [0.05, 0.1) is 42.5 Å². The van der Waals surface area contributed by atoms with Gasteiger partial charge in [-0.05, 0) is 30.7 Å². The van der Waals surface area contributed by atoms with E-state index in [1.165, 1.54) is 7.11 Å². The van der Waals surface area contributed by atoms with E-state index in [4.69, 9.17) is 9.47 Å². The molecule has 0 saturated carbocycles. The Hall–Kier alpha value is -4.48. The van der Waals surface area contributed by atoms with Crippen molar-refractivity contribution >= 4 is 35.1 Å². The summed E-state index contributed by atoms with van der Waals surface area (Å²) in [6.45, 7) is 0.674. The Morgan fingerprint density at radius 3 is 2.24 bits per heavy atom. The number of methoxy groups -OCH3 is 2. The van der Waals surface area contributed by atoms with E-state index in [1.54, 1.807) is 18.2 Å². The number of esters is 2. The van der Waals surface area contributed by atoms with Crippen LogP contribution in [-0.2, 0) is 19.1 Å². The number of nitrogens with one attached hydrogen (secondary N) is 2. The predicted octanol–water partition coefficient (Wildman–Crippen LogP) is 1.61. The van der Waals surface area contributed by atoms with E-state index in [9.17, 15) is 29.3 Å². The van der Waals surface area contributed by atoms with Gasteiger partial charge in [0, 0.05) is 12.1 Å². The highest BCUT2D eigenvalue weighted by Gasteiger charge is 2.20. The van der Waals surface area contributed by atoms with Crippen LogP contribution in [0.1, 0.15) is 26.3 Å². The van der Waals surface area contributed by atoms with Gasteiger partial charge in [-0.2, -0.15) is 0 Å². The standard InChI is InChI=1S/C21H21N3O9/c1-12-4-5-17(31-2)16(6-12)23-18(25)10-22-19(26)11-33-21(28)14-7-13(20(27)32-3)8-15(9-14)24(29)30/h4-9H,10-11H2,1-3H3,(H,22,26)(H,23,25). The molecule has 0 spiro atoms. The summed E-state index contributed by atoms with van der Waals surface area (Å²) in [5.74, 6) is -2.85. The summed E-state index contributed by atoms with van der Waals surface area (Å²) < 4.78 is 14.5. The van der Waals surface area contributed by atoms with E-state index in [1.807, 2.05) is 6.92 Å². The highest BCUT2D eigenvalue weighted by atomic mass is 16.6. The predicted molar refractivity (Wildman–Crippen MR) is 114 cm³/mol. The monoisotopic (exact) mass is 459 g/mol. The number of aryl methyl sites for hydroxylation is 1. The zero-order valence-corrected chi connectivity index (χ0v) is 18.0. The molecule has 12 heteroatoms. The highest BCUT2D eigenvalue weighted by Crippen LogP contribution is 2.25. The van der Waals surface area contributed by atoms with Crippen LogP contribution in [0.4, 0.5) is 11.4 Å². The van der Waals surface area contributed by atoms with Crippen LogP contribution in [0.15, 0.2) is 36.4 Å². The number of hydrogen-bond acceptors (Lipinski definition) is 9. The molecule has 2 aromatic carbocycles. The van der Waals surface area contributed by atoms with Crippen molar-refractivity contribution in [3.8, 4) is 5.75 Å². The zero-order valence-electron chi connectivity index (χ0n) is 18.0. The van der Waals surface area contributed by atoms with Crippen molar-refractivity contribution < 1.29 is 38.3 Å². The minimum atomic E-state index is -1.08. The van der Waals surface area contributed by atoms with Gasteiger partial charge in [-0.25, -0.2) is 9.59 Å². The molecule has 0 saturated heterocycles. The zero-order chi connectivity index (χ0) is 24.5. The topological polar surface area (TPSA) is 163 Å². The lowest BCUT2D eigenvalue weighted by Gasteiger charge is -2.11. The molecule has 2 rings (SSSR count). The number of anilines is 1. The molecular weight excluding hydrogens is 438 g/mol. The number of nitrogens with zero attached hydrogens (tertiary/aromatic N) is 1. The lowest BCUT2D eigenvalue weighted by atomic mass is 10.1. The van der Waals surface area contributed by atoms with E-state index in [-0.39, 0.29) is 11.1 Å². The van der Waals surface area contributed by atoms with E-state index in [0.29, 0.717) is 11.4 Å². The van der Waals surface area contributed by atoms with Gasteiger partial charge in [0.1, 0.15) is 5.75 Å². The van der Waals surface area contributed by atoms with Gasteiger partial charge < -0.3 is 24.8 Å². The van der Waals surface area contributed by atoms with Crippen molar-refractivity contribution in [1.29, 1.82) is 0 Å². The molecule has 2 aromatic rings. The first-order valence-corrected chi connectivity index (χ1v) is 9.40. The third kappa shape index (κ3) is 7.02. The van der Waals surface area contributed by atoms with Gasteiger partial charge in [-0.1, -0.05) is 6.07 Å². The number of nitro groups is 1. The summed E-state index contributed by atoms with van der Waals surface area (Å²) in [7, 11) is 2.53. The minimum Gasteiger partial charge on any atom is -0.495 e. The Morgan fingerprint density at radius 2 is 1.64 bits per heavy atom. The Morgan fingerprint density at radius 1 is 0.970 bits per heavy atom. The van der Waals surface area contributed by atoms with Gasteiger partial charge in [0.15, 0.2) is 6.61 Å². The maximum Gasteiger partial charge on any atom is 0.338 e. The molecule has 2 amide bonds. The fourth-order valence-corrected chi connectivity index (χ4v) is 2.63. The lowest BCUT2D eigenvalue weighted by Crippen LogP contribution is -2.35. The number of ether oxygens (including phenoxy) is 3. The molecule has 2 N–H and O–H groups in total. The Labute approximate surface area is 188 Å². The van der Waals surface area contributed by atoms with Crippen molar-refractivity contribution in [3.63, 3.8) is 0 Å². The van der Waals surface area contributed by atoms with Crippen molar-refractivity contribution in [3.05, 3.63) is 63.2 Å². The quantitative estimate of drug-likeness (QED) is 0.322. The van der Waals surface area contributed by atoms with Crippen LogP contribution < -0.4 is 15.4 Å². The summed E-state index contributed by atoms with van der Waals surface area (Å²) in [6, 6.07) is 8.07. The second-order valence-electron chi connectivity index (χ2n) is 6.62. The lowest BCUT2D eigenvalue weighted by molar-refractivity contribution is -0.384. The number of nitro benzene ring substituents is 1. The van der Waals surface area contributed by atoms with Gasteiger partial charge in [0.2, 0.25) is 5.91 Å². The maximum absolute atomic E-state index is 12.2. The van der Waals surface area contributed by atoms with Crippen molar-refractivity contribution in [2.24, 2.45) is 0 Å². The van der Waals surface area contributed by atoms with E-state index < -0.39 is 47.5 Å². The summed E-state index contributed by atoms with van der Waals surface area (Å²) in [5, 5.41) is 15.9. The van der Waals surface area contributed by atoms with E-state index in [0.717, 1.165) is 30.9 Å². The van der Waals surface area contributed by atoms with Gasteiger partial charge >= 0.3 is 11.9 Å². The molecule has 174 valence electrons. The largest absolute Gasteiger partial charge is 0.495 e. The number of benzene rings is 2. The minimum absolute atomic E-state index is 0.230. The molecule has 0 fully saturated rings. The van der Waals surface area contributed by atoms with Crippen LogP contribution in [-0.4, -0.2) is 56.0 Å². The van der Waals surface area contributed by atoms with Crippen LogP contribution in [0.3, 0.4) is 0 Å². The maximum atomic E-state index is 12.2. The molecule has 0 aliphatic carbocycles. The van der Waals surface area contributed by atoms with Crippen molar-refractivity contribution in [1.82, 2.24) is 5.32 Å². The molecule has 33 heavy (non-hydrogen) atoms. The number of rotatable bonds is 9. The van der Waals surface area contributed by atoms with Gasteiger partial charge in [-0.3, -0.25) is 19.7 Å². The molecule has 0 heterocycles. The summed E-state index contributed by atoms with van der Waals surface area (Å²) in [5.41, 5.74) is 0.236. The number of carbonyl (C=O) groups is 4. The Kier molecular flexibility index (Phi) is 8.43. The second-order valence-corrected chi connectivity index (χ2v) is 6.62. The molecule has 0 radical (unpaired) electrons. The first-order valence-electron chi connectivity index (χ1n) is 9.40. The number of non-ortho nitro benzene ring substituents is 1. The molecule has 0 atom stereocenters. The molecule has 0 aliphatic heterocycles. The van der Waals surface area contributed by atoms with Gasteiger partial charge in [-0.15, -0.1) is 0 Å². The number of amides is 2. The molecule has 12 nitrogen and oxygen atoms in total.